The van der Waals surface area contributed by atoms with E-state index in [1.165, 1.54) is 0 Å². The SMILES string of the molecule is N#Cc1ccccc1C(=O)N[C@@H]1CCOC[C@@H]1C1CCOCC1. The van der Waals surface area contributed by atoms with Crippen molar-refractivity contribution in [1.29, 1.82) is 5.26 Å². The number of nitriles is 1. The van der Waals surface area contributed by atoms with E-state index in [9.17, 15) is 4.79 Å². The first-order valence-corrected chi connectivity index (χ1v) is 8.25. The molecule has 5 heteroatoms. The van der Waals surface area contributed by atoms with E-state index in [0.29, 0.717) is 36.2 Å². The first-order valence-electron chi connectivity index (χ1n) is 8.25. The quantitative estimate of drug-likeness (QED) is 0.927. The molecule has 0 aromatic heterocycles. The Kier molecular flexibility index (Phi) is 5.27. The molecule has 122 valence electrons. The third kappa shape index (κ3) is 3.72. The van der Waals surface area contributed by atoms with Crippen molar-refractivity contribution in [2.75, 3.05) is 26.4 Å². The van der Waals surface area contributed by atoms with Gasteiger partial charge in [0, 0.05) is 31.8 Å². The molecule has 0 spiro atoms. The molecule has 2 saturated heterocycles. The zero-order valence-corrected chi connectivity index (χ0v) is 13.2. The molecule has 0 radical (unpaired) electrons. The van der Waals surface area contributed by atoms with Crippen LogP contribution in [0.4, 0.5) is 0 Å². The van der Waals surface area contributed by atoms with Crippen LogP contribution >= 0.6 is 0 Å². The van der Waals surface area contributed by atoms with Crippen LogP contribution in [-0.2, 0) is 9.47 Å². The van der Waals surface area contributed by atoms with Crippen molar-refractivity contribution in [3.63, 3.8) is 0 Å². The number of nitrogens with one attached hydrogen (secondary N) is 1. The Hall–Kier alpha value is -1.90. The third-order valence-corrected chi connectivity index (χ3v) is 4.88. The summed E-state index contributed by atoms with van der Waals surface area (Å²) >= 11 is 0. The highest BCUT2D eigenvalue weighted by Gasteiger charge is 2.34. The van der Waals surface area contributed by atoms with Crippen molar-refractivity contribution in [3.8, 4) is 6.07 Å². The summed E-state index contributed by atoms with van der Waals surface area (Å²) in [6.07, 6.45) is 2.87. The van der Waals surface area contributed by atoms with Gasteiger partial charge in [0.25, 0.3) is 5.91 Å². The second kappa shape index (κ2) is 7.58. The number of nitrogens with zero attached hydrogens (tertiary/aromatic N) is 1. The fourth-order valence-corrected chi connectivity index (χ4v) is 3.57. The van der Waals surface area contributed by atoms with E-state index in [0.717, 1.165) is 32.5 Å². The van der Waals surface area contributed by atoms with Crippen molar-refractivity contribution in [2.45, 2.75) is 25.3 Å². The van der Waals surface area contributed by atoms with Gasteiger partial charge in [0.2, 0.25) is 0 Å². The maximum absolute atomic E-state index is 12.6. The van der Waals surface area contributed by atoms with Gasteiger partial charge in [-0.3, -0.25) is 4.79 Å². The minimum absolute atomic E-state index is 0.103. The molecule has 1 amide bonds. The number of rotatable bonds is 3. The first-order chi connectivity index (χ1) is 11.3. The summed E-state index contributed by atoms with van der Waals surface area (Å²) in [5.74, 6) is 0.692. The van der Waals surface area contributed by atoms with Crippen molar-refractivity contribution in [1.82, 2.24) is 5.32 Å². The molecule has 2 fully saturated rings. The number of carbonyl (C=O) groups excluding carboxylic acids is 1. The zero-order chi connectivity index (χ0) is 16.1. The number of hydrogen-bond donors (Lipinski definition) is 1. The highest BCUT2D eigenvalue weighted by atomic mass is 16.5. The minimum Gasteiger partial charge on any atom is -0.381 e. The molecule has 2 aliphatic rings. The Morgan fingerprint density at radius 3 is 2.65 bits per heavy atom. The van der Waals surface area contributed by atoms with Crippen LogP contribution in [0.1, 0.15) is 35.2 Å². The van der Waals surface area contributed by atoms with Crippen LogP contribution in [0.3, 0.4) is 0 Å². The van der Waals surface area contributed by atoms with Crippen molar-refractivity contribution >= 4 is 5.91 Å². The Balaban J connectivity index is 1.71. The highest BCUT2D eigenvalue weighted by molar-refractivity contribution is 5.96. The molecule has 0 bridgehead atoms. The van der Waals surface area contributed by atoms with Gasteiger partial charge in [-0.25, -0.2) is 0 Å². The highest BCUT2D eigenvalue weighted by Crippen LogP contribution is 2.30. The molecular weight excluding hydrogens is 292 g/mol. The Labute approximate surface area is 136 Å². The zero-order valence-electron chi connectivity index (χ0n) is 13.2. The first kappa shape index (κ1) is 16.0. The van der Waals surface area contributed by atoms with Gasteiger partial charge in [0.15, 0.2) is 0 Å². The van der Waals surface area contributed by atoms with Crippen molar-refractivity contribution in [3.05, 3.63) is 35.4 Å². The van der Waals surface area contributed by atoms with Crippen molar-refractivity contribution < 1.29 is 14.3 Å². The smallest absolute Gasteiger partial charge is 0.252 e. The van der Waals surface area contributed by atoms with Gasteiger partial charge >= 0.3 is 0 Å². The monoisotopic (exact) mass is 314 g/mol. The lowest BCUT2D eigenvalue weighted by atomic mass is 9.79. The second-order valence-corrected chi connectivity index (χ2v) is 6.21. The molecule has 1 N–H and O–H groups in total. The van der Waals surface area contributed by atoms with Crippen LogP contribution in [0, 0.1) is 23.2 Å². The average molecular weight is 314 g/mol. The second-order valence-electron chi connectivity index (χ2n) is 6.21. The van der Waals surface area contributed by atoms with Gasteiger partial charge in [0.1, 0.15) is 0 Å². The van der Waals surface area contributed by atoms with Crippen LogP contribution in [0.5, 0.6) is 0 Å². The number of hydrogen-bond acceptors (Lipinski definition) is 4. The van der Waals surface area contributed by atoms with E-state index in [-0.39, 0.29) is 11.9 Å². The van der Waals surface area contributed by atoms with E-state index in [1.54, 1.807) is 24.3 Å². The molecule has 2 atom stereocenters. The predicted molar refractivity (Wildman–Crippen MR) is 84.9 cm³/mol. The van der Waals surface area contributed by atoms with Gasteiger partial charge < -0.3 is 14.8 Å². The Morgan fingerprint density at radius 1 is 1.13 bits per heavy atom. The standard InChI is InChI=1S/C18H22N2O3/c19-11-14-3-1-2-4-15(14)18(21)20-17-7-10-23-12-16(17)13-5-8-22-9-6-13/h1-4,13,16-17H,5-10,12H2,(H,20,21)/t16-,17-/m1/s1. The molecule has 0 aliphatic carbocycles. The van der Waals surface area contributed by atoms with Crippen LogP contribution in [0.2, 0.25) is 0 Å². The van der Waals surface area contributed by atoms with Crippen LogP contribution < -0.4 is 5.32 Å². The summed E-state index contributed by atoms with van der Waals surface area (Å²) in [6.45, 7) is 2.94. The van der Waals surface area contributed by atoms with E-state index in [2.05, 4.69) is 11.4 Å². The number of ether oxygens (including phenoxy) is 2. The Morgan fingerprint density at radius 2 is 1.87 bits per heavy atom. The van der Waals surface area contributed by atoms with Gasteiger partial charge in [-0.05, 0) is 37.3 Å². The normalized spacial score (nSPS) is 25.5. The summed E-state index contributed by atoms with van der Waals surface area (Å²) in [5, 5.41) is 12.3. The average Bonchev–Trinajstić information content (AvgIpc) is 2.63. The topological polar surface area (TPSA) is 71.4 Å². The summed E-state index contributed by atoms with van der Waals surface area (Å²) < 4.78 is 11.1. The molecule has 1 aromatic carbocycles. The molecular formula is C18H22N2O3. The largest absolute Gasteiger partial charge is 0.381 e. The lowest BCUT2D eigenvalue weighted by Crippen LogP contribution is -2.49. The summed E-state index contributed by atoms with van der Waals surface area (Å²) in [5.41, 5.74) is 0.867. The van der Waals surface area contributed by atoms with Crippen molar-refractivity contribution in [2.24, 2.45) is 11.8 Å². The molecule has 23 heavy (non-hydrogen) atoms. The molecule has 1 aromatic rings. The van der Waals surface area contributed by atoms with E-state index < -0.39 is 0 Å². The maximum Gasteiger partial charge on any atom is 0.252 e. The van der Waals surface area contributed by atoms with E-state index in [4.69, 9.17) is 14.7 Å². The van der Waals surface area contributed by atoms with Crippen LogP contribution in [-0.4, -0.2) is 38.4 Å². The maximum atomic E-state index is 12.6. The number of amides is 1. The molecule has 2 aliphatic heterocycles. The lowest BCUT2D eigenvalue weighted by molar-refractivity contribution is -0.0259. The fourth-order valence-electron chi connectivity index (χ4n) is 3.57. The van der Waals surface area contributed by atoms with Gasteiger partial charge in [0.05, 0.1) is 23.8 Å². The molecule has 5 nitrogen and oxygen atoms in total. The minimum atomic E-state index is -0.161. The fraction of sp³-hybridized carbons (Fsp3) is 0.556. The number of benzene rings is 1. The number of carbonyl (C=O) groups is 1. The van der Waals surface area contributed by atoms with E-state index >= 15 is 0 Å². The lowest BCUT2D eigenvalue weighted by Gasteiger charge is -2.39. The van der Waals surface area contributed by atoms with Gasteiger partial charge in [-0.1, -0.05) is 12.1 Å². The summed E-state index contributed by atoms with van der Waals surface area (Å²) in [6, 6.07) is 9.13. The van der Waals surface area contributed by atoms with E-state index in [1.807, 2.05) is 0 Å². The summed E-state index contributed by atoms with van der Waals surface area (Å²) in [4.78, 5) is 12.6. The van der Waals surface area contributed by atoms with Crippen LogP contribution in [0.25, 0.3) is 0 Å². The molecule has 3 rings (SSSR count). The third-order valence-electron chi connectivity index (χ3n) is 4.88. The van der Waals surface area contributed by atoms with Crippen LogP contribution in [0.15, 0.2) is 24.3 Å². The van der Waals surface area contributed by atoms with Gasteiger partial charge in [-0.15, -0.1) is 0 Å². The Bertz CT molecular complexity index is 590. The molecule has 0 saturated carbocycles. The molecule has 2 heterocycles. The summed E-state index contributed by atoms with van der Waals surface area (Å²) in [7, 11) is 0. The predicted octanol–water partition coefficient (Wildman–Crippen LogP) is 2.12. The molecule has 0 unspecified atom stereocenters. The van der Waals surface area contributed by atoms with Gasteiger partial charge in [-0.2, -0.15) is 5.26 Å².